The first-order valence-electron chi connectivity index (χ1n) is 22.3. The van der Waals surface area contributed by atoms with Gasteiger partial charge < -0.3 is 9.32 Å². The van der Waals surface area contributed by atoms with Crippen LogP contribution < -0.4 is 4.90 Å². The van der Waals surface area contributed by atoms with Gasteiger partial charge in [-0.3, -0.25) is 0 Å². The average molecular weight is 778 g/mol. The van der Waals surface area contributed by atoms with E-state index in [4.69, 9.17) is 4.42 Å². The van der Waals surface area contributed by atoms with Crippen LogP contribution in [0.1, 0.15) is 74.3 Å². The summed E-state index contributed by atoms with van der Waals surface area (Å²) in [6, 6.07) is 70.4. The number of rotatable bonds is 8. The molecule has 0 bridgehead atoms. The third-order valence-electron chi connectivity index (χ3n) is 14.0. The second-order valence-corrected chi connectivity index (χ2v) is 17.3. The number of nitrogens with zero attached hydrogens (tertiary/aromatic N) is 1. The van der Waals surface area contributed by atoms with Crippen molar-refractivity contribution in [1.82, 2.24) is 0 Å². The van der Waals surface area contributed by atoms with E-state index in [0.29, 0.717) is 23.9 Å². The first kappa shape index (κ1) is 36.7. The van der Waals surface area contributed by atoms with Crippen LogP contribution in [0.5, 0.6) is 0 Å². The summed E-state index contributed by atoms with van der Waals surface area (Å²) in [4.78, 5) is 2.88. The van der Waals surface area contributed by atoms with Gasteiger partial charge in [0.1, 0.15) is 11.3 Å². The number of furan rings is 1. The number of hydrogen-bond donors (Lipinski definition) is 0. The Hall–Kier alpha value is -6.38. The molecule has 2 aliphatic carbocycles. The van der Waals surface area contributed by atoms with Crippen LogP contribution in [-0.4, -0.2) is 12.1 Å². The Bertz CT molecular complexity index is 2810. The first-order chi connectivity index (χ1) is 29.8. The lowest BCUT2D eigenvalue weighted by atomic mass is 9.78. The smallest absolute Gasteiger partial charge is 0.143 e. The van der Waals surface area contributed by atoms with Gasteiger partial charge >= 0.3 is 0 Å². The molecule has 11 rings (SSSR count). The van der Waals surface area contributed by atoms with E-state index in [-0.39, 0.29) is 0 Å². The van der Waals surface area contributed by atoms with Crippen LogP contribution in [-0.2, 0) is 0 Å². The zero-order valence-electron chi connectivity index (χ0n) is 34.2. The van der Waals surface area contributed by atoms with Crippen LogP contribution >= 0.6 is 0 Å². The monoisotopic (exact) mass is 777 g/mol. The quantitative estimate of drug-likeness (QED) is 0.143. The van der Waals surface area contributed by atoms with Crippen LogP contribution in [0.4, 0.5) is 5.69 Å². The van der Waals surface area contributed by atoms with Gasteiger partial charge in [0, 0.05) is 39.7 Å². The largest absolute Gasteiger partial charge is 0.455 e. The second kappa shape index (κ2) is 16.0. The fraction of sp³-hybridized carbons (Fsp3) is 0.207. The van der Waals surface area contributed by atoms with Gasteiger partial charge in [-0.15, -0.1) is 0 Å². The minimum absolute atomic E-state index is 0.568. The number of anilines is 1. The van der Waals surface area contributed by atoms with E-state index in [1.165, 1.54) is 101 Å². The van der Waals surface area contributed by atoms with E-state index in [0.717, 1.165) is 33.4 Å². The van der Waals surface area contributed by atoms with E-state index >= 15 is 0 Å². The van der Waals surface area contributed by atoms with Crippen molar-refractivity contribution in [1.29, 1.82) is 0 Å². The Labute approximate surface area is 354 Å². The standard InChI is InChI=1S/C58H51NO/c1-5-15-40(16-6-1)42-25-32-48(33-26-42)59(49-34-27-43(28-35-49)41-17-7-2-8-18-41)50-36-29-44(30-37-50)47-31-38-52-54(39-47)51-23-13-14-24-53(51)58-56(52)55(45-19-9-3-10-20-45)57(60-58)46-21-11-4-12-22-46/h1-24,29-31,36-39,42-43,48-49H,25-28,32-35H2. The molecule has 2 saturated carbocycles. The van der Waals surface area contributed by atoms with Crippen molar-refractivity contribution in [3.8, 4) is 33.6 Å². The summed E-state index contributed by atoms with van der Waals surface area (Å²) in [5.41, 5.74) is 11.3. The predicted molar refractivity (Wildman–Crippen MR) is 253 cm³/mol. The topological polar surface area (TPSA) is 16.4 Å². The van der Waals surface area contributed by atoms with Crippen LogP contribution in [0.2, 0.25) is 0 Å². The number of benzene rings is 8. The molecule has 0 aliphatic heterocycles. The SMILES string of the molecule is c1ccc(-c2oc3c4ccccc4c4cc(-c5ccc(N(C6CCC(c7ccccc7)CC6)C6CCC(c7ccccc7)CC6)cc5)ccc4c3c2-c2ccccc2)cc1. The fourth-order valence-electron chi connectivity index (χ4n) is 11.0. The summed E-state index contributed by atoms with van der Waals surface area (Å²) in [5.74, 6) is 2.25. The van der Waals surface area contributed by atoms with Crippen molar-refractivity contribution < 1.29 is 4.42 Å². The van der Waals surface area contributed by atoms with Gasteiger partial charge in [-0.2, -0.15) is 0 Å². The first-order valence-corrected chi connectivity index (χ1v) is 22.3. The lowest BCUT2D eigenvalue weighted by molar-refractivity contribution is 0.310. The van der Waals surface area contributed by atoms with Crippen LogP contribution in [0, 0.1) is 0 Å². The highest BCUT2D eigenvalue weighted by molar-refractivity contribution is 6.28. The molecule has 1 heterocycles. The Kier molecular flexibility index (Phi) is 9.78. The molecule has 0 spiro atoms. The van der Waals surface area contributed by atoms with Gasteiger partial charge in [0.15, 0.2) is 0 Å². The van der Waals surface area contributed by atoms with Gasteiger partial charge in [0.2, 0.25) is 0 Å². The molecule has 0 radical (unpaired) electrons. The molecule has 2 heteroatoms. The van der Waals surface area contributed by atoms with Gasteiger partial charge in [0.05, 0.1) is 0 Å². The molecule has 1 aromatic heterocycles. The van der Waals surface area contributed by atoms with Crippen LogP contribution in [0.15, 0.2) is 192 Å². The van der Waals surface area contributed by atoms with E-state index in [1.807, 2.05) is 0 Å². The van der Waals surface area contributed by atoms with Crippen molar-refractivity contribution in [2.45, 2.75) is 75.3 Å². The normalized spacial score (nSPS) is 19.5. The van der Waals surface area contributed by atoms with E-state index in [2.05, 4.69) is 193 Å². The van der Waals surface area contributed by atoms with Crippen molar-refractivity contribution in [3.05, 3.63) is 199 Å². The van der Waals surface area contributed by atoms with Gasteiger partial charge in [-0.1, -0.05) is 170 Å². The summed E-state index contributed by atoms with van der Waals surface area (Å²) in [6.07, 6.45) is 10.0. The summed E-state index contributed by atoms with van der Waals surface area (Å²) in [7, 11) is 0. The molecule has 2 nitrogen and oxygen atoms in total. The summed E-state index contributed by atoms with van der Waals surface area (Å²) < 4.78 is 6.96. The molecule has 294 valence electrons. The molecular weight excluding hydrogens is 727 g/mol. The summed E-state index contributed by atoms with van der Waals surface area (Å²) >= 11 is 0. The fourth-order valence-corrected chi connectivity index (χ4v) is 11.0. The van der Waals surface area contributed by atoms with Gasteiger partial charge in [0.25, 0.3) is 0 Å². The Balaban J connectivity index is 0.961. The second-order valence-electron chi connectivity index (χ2n) is 17.3. The van der Waals surface area contributed by atoms with E-state index in [9.17, 15) is 0 Å². The molecule has 2 aliphatic rings. The molecule has 9 aromatic rings. The van der Waals surface area contributed by atoms with Crippen molar-refractivity contribution in [3.63, 3.8) is 0 Å². The van der Waals surface area contributed by atoms with Crippen LogP contribution in [0.25, 0.3) is 66.1 Å². The Morgan fingerprint density at radius 2 is 0.850 bits per heavy atom. The summed E-state index contributed by atoms with van der Waals surface area (Å²) in [6.45, 7) is 0. The minimum Gasteiger partial charge on any atom is -0.455 e. The highest BCUT2D eigenvalue weighted by Gasteiger charge is 2.34. The number of fused-ring (bicyclic) bond motifs is 6. The lowest BCUT2D eigenvalue weighted by Gasteiger charge is -2.45. The Morgan fingerprint density at radius 3 is 1.42 bits per heavy atom. The number of hydrogen-bond acceptors (Lipinski definition) is 2. The third-order valence-corrected chi connectivity index (χ3v) is 14.0. The van der Waals surface area contributed by atoms with Gasteiger partial charge in [-0.25, -0.2) is 0 Å². The maximum Gasteiger partial charge on any atom is 0.143 e. The highest BCUT2D eigenvalue weighted by atomic mass is 16.3. The summed E-state index contributed by atoms with van der Waals surface area (Å²) in [5, 5.41) is 6.01. The molecule has 0 atom stereocenters. The third kappa shape index (κ3) is 6.79. The average Bonchev–Trinajstić information content (AvgIpc) is 3.75. The molecule has 60 heavy (non-hydrogen) atoms. The van der Waals surface area contributed by atoms with Crippen molar-refractivity contribution in [2.24, 2.45) is 0 Å². The van der Waals surface area contributed by atoms with E-state index in [1.54, 1.807) is 0 Å². The maximum absolute atomic E-state index is 6.96. The maximum atomic E-state index is 6.96. The Morgan fingerprint density at radius 1 is 0.367 bits per heavy atom. The molecule has 8 aromatic carbocycles. The molecule has 0 amide bonds. The predicted octanol–water partition coefficient (Wildman–Crippen LogP) is 16.0. The van der Waals surface area contributed by atoms with Crippen molar-refractivity contribution in [2.75, 3.05) is 4.90 Å². The van der Waals surface area contributed by atoms with Crippen molar-refractivity contribution >= 4 is 38.2 Å². The minimum atomic E-state index is 0.568. The zero-order valence-corrected chi connectivity index (χ0v) is 34.2. The zero-order chi connectivity index (χ0) is 39.8. The molecular formula is C58H51NO. The molecule has 0 unspecified atom stereocenters. The van der Waals surface area contributed by atoms with Gasteiger partial charge in [-0.05, 0) is 125 Å². The lowest BCUT2D eigenvalue weighted by Crippen LogP contribution is -2.46. The molecule has 0 saturated heterocycles. The van der Waals surface area contributed by atoms with E-state index < -0.39 is 0 Å². The molecule has 2 fully saturated rings. The molecule has 0 N–H and O–H groups in total. The highest BCUT2D eigenvalue weighted by Crippen LogP contribution is 2.48. The van der Waals surface area contributed by atoms with Crippen LogP contribution in [0.3, 0.4) is 0 Å².